The second kappa shape index (κ2) is 9.66. The molecule has 0 aliphatic heterocycles. The van der Waals surface area contributed by atoms with Crippen molar-refractivity contribution in [3.63, 3.8) is 0 Å². The average Bonchev–Trinajstić information content (AvgIpc) is 2.77. The van der Waals surface area contributed by atoms with Gasteiger partial charge in [-0.05, 0) is 22.3 Å². The molecule has 0 unspecified atom stereocenters. The molecular formula is C21H23N5O4. The Morgan fingerprint density at radius 3 is 2.23 bits per heavy atom. The highest BCUT2D eigenvalue weighted by atomic mass is 16.4. The van der Waals surface area contributed by atoms with Crippen LogP contribution in [-0.2, 0) is 31.0 Å². The van der Waals surface area contributed by atoms with Crippen molar-refractivity contribution in [2.75, 3.05) is 7.05 Å². The minimum absolute atomic E-state index is 0.0578. The SMILES string of the molecule is C/N=c1\oc(=O)n(Cc2cccc(CN)c2)c(=O)n1Cc1cccc(CNC=O)c1. The summed E-state index contributed by atoms with van der Waals surface area (Å²) in [5.41, 5.74) is 8.44. The lowest BCUT2D eigenvalue weighted by molar-refractivity contribution is -0.109. The zero-order valence-corrected chi connectivity index (χ0v) is 16.6. The summed E-state index contributed by atoms with van der Waals surface area (Å²) >= 11 is 0. The van der Waals surface area contributed by atoms with Crippen LogP contribution >= 0.6 is 0 Å². The zero-order valence-electron chi connectivity index (χ0n) is 16.6. The fourth-order valence-corrected chi connectivity index (χ4v) is 3.15. The van der Waals surface area contributed by atoms with Crippen LogP contribution in [0.5, 0.6) is 0 Å². The smallest absolute Gasteiger partial charge is 0.375 e. The molecule has 3 aromatic rings. The maximum atomic E-state index is 13.1. The highest BCUT2D eigenvalue weighted by molar-refractivity contribution is 5.46. The Labute approximate surface area is 172 Å². The van der Waals surface area contributed by atoms with Gasteiger partial charge in [-0.2, -0.15) is 0 Å². The van der Waals surface area contributed by atoms with E-state index in [1.54, 1.807) is 0 Å². The summed E-state index contributed by atoms with van der Waals surface area (Å²) in [5.74, 6) is -0.779. The quantitative estimate of drug-likeness (QED) is 0.504. The summed E-state index contributed by atoms with van der Waals surface area (Å²) in [4.78, 5) is 40.0. The van der Waals surface area contributed by atoms with Gasteiger partial charge in [0.05, 0.1) is 13.1 Å². The number of carbonyl (C=O) groups excluding carboxylic acids is 1. The van der Waals surface area contributed by atoms with Gasteiger partial charge in [-0.3, -0.25) is 4.79 Å². The van der Waals surface area contributed by atoms with Gasteiger partial charge < -0.3 is 15.5 Å². The normalized spacial score (nSPS) is 11.5. The highest BCUT2D eigenvalue weighted by Crippen LogP contribution is 2.07. The molecule has 0 atom stereocenters. The molecule has 0 aliphatic rings. The van der Waals surface area contributed by atoms with Crippen LogP contribution < -0.4 is 28.2 Å². The van der Waals surface area contributed by atoms with Crippen molar-refractivity contribution in [3.05, 3.63) is 97.5 Å². The fraction of sp³-hybridized carbons (Fsp3) is 0.238. The van der Waals surface area contributed by atoms with Crippen molar-refractivity contribution in [2.24, 2.45) is 10.7 Å². The van der Waals surface area contributed by atoms with Crippen LogP contribution in [-0.4, -0.2) is 22.6 Å². The molecular weight excluding hydrogens is 386 g/mol. The van der Waals surface area contributed by atoms with Gasteiger partial charge in [0.1, 0.15) is 0 Å². The van der Waals surface area contributed by atoms with Gasteiger partial charge in [0, 0.05) is 20.1 Å². The van der Waals surface area contributed by atoms with Crippen LogP contribution in [0.2, 0.25) is 0 Å². The lowest BCUT2D eigenvalue weighted by atomic mass is 10.1. The van der Waals surface area contributed by atoms with Gasteiger partial charge in [0.15, 0.2) is 0 Å². The van der Waals surface area contributed by atoms with E-state index in [-0.39, 0.29) is 18.8 Å². The molecule has 30 heavy (non-hydrogen) atoms. The minimum Gasteiger partial charge on any atom is -0.375 e. The third kappa shape index (κ3) is 4.81. The first-order valence-electron chi connectivity index (χ1n) is 9.36. The topological polar surface area (TPSA) is 125 Å². The van der Waals surface area contributed by atoms with Gasteiger partial charge in [-0.15, -0.1) is 0 Å². The molecule has 3 rings (SSSR count). The number of nitrogens with zero attached hydrogens (tertiary/aromatic N) is 3. The van der Waals surface area contributed by atoms with E-state index < -0.39 is 11.4 Å². The molecule has 0 radical (unpaired) electrons. The number of nitrogens with one attached hydrogen (secondary N) is 1. The molecule has 156 valence electrons. The van der Waals surface area contributed by atoms with Gasteiger partial charge in [0.2, 0.25) is 6.41 Å². The molecule has 0 fully saturated rings. The third-order valence-corrected chi connectivity index (χ3v) is 4.57. The third-order valence-electron chi connectivity index (χ3n) is 4.57. The predicted octanol–water partition coefficient (Wildman–Crippen LogP) is -0.0652. The molecule has 1 amide bonds. The van der Waals surface area contributed by atoms with E-state index in [2.05, 4.69) is 10.3 Å². The van der Waals surface area contributed by atoms with Crippen LogP contribution in [0, 0.1) is 0 Å². The van der Waals surface area contributed by atoms with Gasteiger partial charge in [-0.1, -0.05) is 48.5 Å². The zero-order chi connectivity index (χ0) is 21.5. The first-order valence-corrected chi connectivity index (χ1v) is 9.36. The number of rotatable bonds is 8. The van der Waals surface area contributed by atoms with E-state index in [9.17, 15) is 14.4 Å². The Kier molecular flexibility index (Phi) is 6.76. The number of hydrogen-bond donors (Lipinski definition) is 2. The van der Waals surface area contributed by atoms with Crippen molar-refractivity contribution >= 4 is 6.41 Å². The lowest BCUT2D eigenvalue weighted by Gasteiger charge is -2.11. The number of nitrogens with two attached hydrogens (primary N) is 1. The Morgan fingerprint density at radius 1 is 1.00 bits per heavy atom. The first kappa shape index (κ1) is 21.0. The van der Waals surface area contributed by atoms with Crippen LogP contribution in [0.1, 0.15) is 22.3 Å². The molecule has 0 saturated heterocycles. The fourth-order valence-electron chi connectivity index (χ4n) is 3.15. The summed E-state index contributed by atoms with van der Waals surface area (Å²) in [5, 5.41) is 2.60. The molecule has 0 spiro atoms. The summed E-state index contributed by atoms with van der Waals surface area (Å²) in [6.07, 6.45) is 0.625. The van der Waals surface area contributed by atoms with Crippen molar-refractivity contribution in [2.45, 2.75) is 26.2 Å². The Balaban J connectivity index is 2.00. The van der Waals surface area contributed by atoms with Crippen LogP contribution in [0.3, 0.4) is 0 Å². The number of carbonyl (C=O) groups is 1. The maximum Gasteiger partial charge on any atom is 0.426 e. The summed E-state index contributed by atoms with van der Waals surface area (Å²) in [7, 11) is 1.45. The van der Waals surface area contributed by atoms with E-state index in [4.69, 9.17) is 10.2 Å². The van der Waals surface area contributed by atoms with Gasteiger partial charge in [-0.25, -0.2) is 23.7 Å². The number of hydrogen-bond acceptors (Lipinski definition) is 6. The predicted molar refractivity (Wildman–Crippen MR) is 111 cm³/mol. The second-order valence-corrected chi connectivity index (χ2v) is 6.67. The molecule has 0 saturated carbocycles. The van der Waals surface area contributed by atoms with Crippen molar-refractivity contribution in [1.82, 2.24) is 14.5 Å². The van der Waals surface area contributed by atoms with Crippen LogP contribution in [0.15, 0.2) is 67.5 Å². The number of benzene rings is 2. The lowest BCUT2D eigenvalue weighted by Crippen LogP contribution is -2.47. The molecule has 0 bridgehead atoms. The molecule has 9 heteroatoms. The standard InChI is InChI=1S/C21H23N5O4/c1-23-19-25(12-18-7-3-5-16(9-18)11-24-14-27)20(28)26(21(29)30-19)13-17-6-2-4-15(8-17)10-22/h2-9,14H,10-13,22H2,1H3,(H,24,27)/b23-19-. The van der Waals surface area contributed by atoms with Gasteiger partial charge >= 0.3 is 17.1 Å². The van der Waals surface area contributed by atoms with E-state index in [1.165, 1.54) is 11.6 Å². The summed E-state index contributed by atoms with van der Waals surface area (Å²) in [6, 6.07) is 14.8. The minimum atomic E-state index is -0.779. The van der Waals surface area contributed by atoms with E-state index in [0.29, 0.717) is 19.5 Å². The molecule has 1 heterocycles. The second-order valence-electron chi connectivity index (χ2n) is 6.67. The largest absolute Gasteiger partial charge is 0.426 e. The Bertz CT molecular complexity index is 1220. The van der Waals surface area contributed by atoms with E-state index >= 15 is 0 Å². The Hall–Kier alpha value is -3.72. The average molecular weight is 409 g/mol. The molecule has 3 N–H and O–H groups in total. The van der Waals surface area contributed by atoms with Crippen molar-refractivity contribution in [1.29, 1.82) is 0 Å². The Morgan fingerprint density at radius 2 is 1.60 bits per heavy atom. The van der Waals surface area contributed by atoms with Gasteiger partial charge in [0.25, 0.3) is 0 Å². The monoisotopic (exact) mass is 409 g/mol. The van der Waals surface area contributed by atoms with Crippen LogP contribution in [0.25, 0.3) is 0 Å². The molecule has 2 aromatic carbocycles. The molecule has 0 aliphatic carbocycles. The highest BCUT2D eigenvalue weighted by Gasteiger charge is 2.12. The number of amides is 1. The first-order chi connectivity index (χ1) is 14.5. The molecule has 9 nitrogen and oxygen atoms in total. The summed E-state index contributed by atoms with van der Waals surface area (Å²) < 4.78 is 7.62. The summed E-state index contributed by atoms with van der Waals surface area (Å²) in [6.45, 7) is 0.953. The van der Waals surface area contributed by atoms with E-state index in [1.807, 2.05) is 48.5 Å². The van der Waals surface area contributed by atoms with E-state index in [0.717, 1.165) is 26.8 Å². The van der Waals surface area contributed by atoms with Crippen molar-refractivity contribution in [3.8, 4) is 0 Å². The van der Waals surface area contributed by atoms with Crippen LogP contribution in [0.4, 0.5) is 0 Å². The maximum absolute atomic E-state index is 13.1. The molecule has 1 aromatic heterocycles. The number of aromatic nitrogens is 2. The van der Waals surface area contributed by atoms with Crippen molar-refractivity contribution < 1.29 is 9.21 Å².